The zero-order valence-electron chi connectivity index (χ0n) is 18.4. The molecule has 1 fully saturated rings. The SMILES string of the molecule is Cc1ccc(CCC(=O)C2(CN)CN(c3ncnn4cc(-c5cnn(C)c5)cc34)C2)cc1. The van der Waals surface area contributed by atoms with E-state index < -0.39 is 5.41 Å². The third-order valence-corrected chi connectivity index (χ3v) is 6.45. The molecule has 4 aromatic rings. The number of nitrogens with zero attached hydrogens (tertiary/aromatic N) is 6. The molecule has 8 heteroatoms. The van der Waals surface area contributed by atoms with Crippen LogP contribution in [0.2, 0.25) is 0 Å². The van der Waals surface area contributed by atoms with Crippen molar-refractivity contribution in [2.24, 2.45) is 18.2 Å². The lowest BCUT2D eigenvalue weighted by atomic mass is 9.74. The normalized spacial score (nSPS) is 15.2. The van der Waals surface area contributed by atoms with Crippen molar-refractivity contribution < 1.29 is 4.79 Å². The minimum atomic E-state index is -0.509. The predicted molar refractivity (Wildman–Crippen MR) is 123 cm³/mol. The Balaban J connectivity index is 1.32. The molecule has 0 radical (unpaired) electrons. The first kappa shape index (κ1) is 20.4. The Hall–Kier alpha value is -3.52. The molecule has 1 saturated heterocycles. The highest BCUT2D eigenvalue weighted by atomic mass is 16.1. The van der Waals surface area contributed by atoms with E-state index in [0.29, 0.717) is 26.1 Å². The molecule has 8 nitrogen and oxygen atoms in total. The molecule has 164 valence electrons. The van der Waals surface area contributed by atoms with Crippen molar-refractivity contribution in [3.05, 3.63) is 66.4 Å². The quantitative estimate of drug-likeness (QED) is 0.485. The maximum atomic E-state index is 13.1. The summed E-state index contributed by atoms with van der Waals surface area (Å²) in [5, 5.41) is 8.61. The Morgan fingerprint density at radius 2 is 1.91 bits per heavy atom. The van der Waals surface area contributed by atoms with E-state index in [-0.39, 0.29) is 5.78 Å². The highest BCUT2D eigenvalue weighted by Crippen LogP contribution is 2.37. The van der Waals surface area contributed by atoms with Gasteiger partial charge in [0.05, 0.1) is 11.6 Å². The molecular formula is C24H27N7O. The number of ketones is 1. The number of anilines is 1. The number of hydrogen-bond acceptors (Lipinski definition) is 6. The summed E-state index contributed by atoms with van der Waals surface area (Å²) in [6.07, 6.45) is 8.57. The number of fused-ring (bicyclic) bond motifs is 1. The highest BCUT2D eigenvalue weighted by molar-refractivity contribution is 5.89. The van der Waals surface area contributed by atoms with Gasteiger partial charge < -0.3 is 10.6 Å². The summed E-state index contributed by atoms with van der Waals surface area (Å²) in [5.41, 5.74) is 11.0. The van der Waals surface area contributed by atoms with Gasteiger partial charge in [-0.3, -0.25) is 9.48 Å². The summed E-state index contributed by atoms with van der Waals surface area (Å²) in [6.45, 7) is 3.57. The third kappa shape index (κ3) is 3.56. The first-order valence-electron chi connectivity index (χ1n) is 10.8. The van der Waals surface area contributed by atoms with Gasteiger partial charge in [0.1, 0.15) is 17.6 Å². The number of carbonyl (C=O) groups is 1. The molecule has 5 rings (SSSR count). The van der Waals surface area contributed by atoms with Gasteiger partial charge in [-0.05, 0) is 25.0 Å². The number of hydrogen-bond donors (Lipinski definition) is 1. The average Bonchev–Trinajstić information content (AvgIpc) is 3.39. The summed E-state index contributed by atoms with van der Waals surface area (Å²) >= 11 is 0. The van der Waals surface area contributed by atoms with Crippen LogP contribution in [0.3, 0.4) is 0 Å². The van der Waals surface area contributed by atoms with Gasteiger partial charge in [0.2, 0.25) is 0 Å². The molecule has 3 aromatic heterocycles. The molecule has 1 aliphatic heterocycles. The summed E-state index contributed by atoms with van der Waals surface area (Å²) < 4.78 is 3.60. The molecule has 1 aromatic carbocycles. The van der Waals surface area contributed by atoms with Crippen LogP contribution in [0.5, 0.6) is 0 Å². The van der Waals surface area contributed by atoms with Gasteiger partial charge in [-0.2, -0.15) is 10.2 Å². The molecule has 2 N–H and O–H groups in total. The number of Topliss-reactive ketones (excluding diaryl/α,β-unsaturated/α-hetero) is 1. The van der Waals surface area contributed by atoms with E-state index in [2.05, 4.69) is 57.3 Å². The first-order valence-corrected chi connectivity index (χ1v) is 10.8. The van der Waals surface area contributed by atoms with Crippen LogP contribution in [0.25, 0.3) is 16.6 Å². The van der Waals surface area contributed by atoms with Crippen LogP contribution < -0.4 is 10.6 Å². The van der Waals surface area contributed by atoms with Crippen molar-refractivity contribution in [2.75, 3.05) is 24.5 Å². The molecular weight excluding hydrogens is 402 g/mol. The summed E-state index contributed by atoms with van der Waals surface area (Å²) in [5.74, 6) is 1.05. The predicted octanol–water partition coefficient (Wildman–Crippen LogP) is 2.41. The summed E-state index contributed by atoms with van der Waals surface area (Å²) in [7, 11) is 1.90. The Morgan fingerprint density at radius 3 is 2.59 bits per heavy atom. The maximum Gasteiger partial charge on any atom is 0.156 e. The van der Waals surface area contributed by atoms with E-state index in [1.54, 1.807) is 11.0 Å². The second-order valence-corrected chi connectivity index (χ2v) is 8.79. The van der Waals surface area contributed by atoms with Gasteiger partial charge in [0, 0.05) is 56.6 Å². The van der Waals surface area contributed by atoms with Gasteiger partial charge in [-0.1, -0.05) is 29.8 Å². The van der Waals surface area contributed by atoms with Crippen LogP contribution in [0.4, 0.5) is 5.82 Å². The Morgan fingerprint density at radius 1 is 1.12 bits per heavy atom. The van der Waals surface area contributed by atoms with Gasteiger partial charge >= 0.3 is 0 Å². The van der Waals surface area contributed by atoms with Gasteiger partial charge in [0.25, 0.3) is 0 Å². The fourth-order valence-corrected chi connectivity index (χ4v) is 4.42. The van der Waals surface area contributed by atoms with Crippen molar-refractivity contribution >= 4 is 17.1 Å². The van der Waals surface area contributed by atoms with Gasteiger partial charge in [-0.15, -0.1) is 0 Å². The van der Waals surface area contributed by atoms with Crippen LogP contribution in [-0.2, 0) is 18.3 Å². The van der Waals surface area contributed by atoms with Crippen molar-refractivity contribution in [3.63, 3.8) is 0 Å². The number of benzene rings is 1. The van der Waals surface area contributed by atoms with Crippen molar-refractivity contribution in [3.8, 4) is 11.1 Å². The van der Waals surface area contributed by atoms with E-state index in [9.17, 15) is 4.79 Å². The second-order valence-electron chi connectivity index (χ2n) is 8.79. The van der Waals surface area contributed by atoms with E-state index in [1.807, 2.05) is 30.2 Å². The number of aryl methyl sites for hydroxylation is 3. The average molecular weight is 430 g/mol. The van der Waals surface area contributed by atoms with Crippen LogP contribution in [-0.4, -0.2) is 49.8 Å². The molecule has 0 amide bonds. The van der Waals surface area contributed by atoms with Gasteiger partial charge in [0.15, 0.2) is 5.82 Å². The Kier molecular flexibility index (Phi) is 5.01. The minimum absolute atomic E-state index is 0.230. The lowest BCUT2D eigenvalue weighted by molar-refractivity contribution is -0.129. The molecule has 0 bridgehead atoms. The first-order chi connectivity index (χ1) is 15.5. The fraction of sp³-hybridized carbons (Fsp3) is 0.333. The molecule has 4 heterocycles. The Bertz CT molecular complexity index is 1270. The lowest BCUT2D eigenvalue weighted by Crippen LogP contribution is -2.64. The maximum absolute atomic E-state index is 13.1. The molecule has 0 unspecified atom stereocenters. The van der Waals surface area contributed by atoms with Crippen molar-refractivity contribution in [2.45, 2.75) is 19.8 Å². The molecule has 1 aliphatic rings. The van der Waals surface area contributed by atoms with Crippen LogP contribution >= 0.6 is 0 Å². The monoisotopic (exact) mass is 429 g/mol. The molecule has 32 heavy (non-hydrogen) atoms. The van der Waals surface area contributed by atoms with E-state index in [1.165, 1.54) is 11.1 Å². The topological polar surface area (TPSA) is 94.3 Å². The highest BCUT2D eigenvalue weighted by Gasteiger charge is 2.48. The summed E-state index contributed by atoms with van der Waals surface area (Å²) in [4.78, 5) is 19.7. The van der Waals surface area contributed by atoms with E-state index in [0.717, 1.165) is 28.9 Å². The Labute approximate surface area is 186 Å². The minimum Gasteiger partial charge on any atom is -0.353 e. The van der Waals surface area contributed by atoms with Crippen LogP contribution in [0.15, 0.2) is 55.2 Å². The molecule has 0 atom stereocenters. The zero-order chi connectivity index (χ0) is 22.3. The third-order valence-electron chi connectivity index (χ3n) is 6.45. The smallest absolute Gasteiger partial charge is 0.156 e. The van der Waals surface area contributed by atoms with E-state index >= 15 is 0 Å². The summed E-state index contributed by atoms with van der Waals surface area (Å²) in [6, 6.07) is 10.4. The van der Waals surface area contributed by atoms with Crippen LogP contribution in [0.1, 0.15) is 17.5 Å². The standard InChI is InChI=1S/C24H27N7O/c1-17-3-5-18(6-4-17)7-8-22(32)24(13-25)14-30(15-24)23-21-9-19(12-31(21)28-16-26-23)20-10-27-29(2)11-20/h3-6,9-12,16H,7-8,13-15,25H2,1-2H3. The number of nitrogens with two attached hydrogens (primary N) is 1. The van der Waals surface area contributed by atoms with Crippen molar-refractivity contribution in [1.82, 2.24) is 24.4 Å². The molecule has 0 aliphatic carbocycles. The van der Waals surface area contributed by atoms with Crippen LogP contribution in [0, 0.1) is 12.3 Å². The van der Waals surface area contributed by atoms with Gasteiger partial charge in [-0.25, -0.2) is 9.50 Å². The van der Waals surface area contributed by atoms with E-state index in [4.69, 9.17) is 5.73 Å². The lowest BCUT2D eigenvalue weighted by Gasteiger charge is -2.49. The molecule has 0 saturated carbocycles. The number of aromatic nitrogens is 5. The molecule has 0 spiro atoms. The van der Waals surface area contributed by atoms with Crippen molar-refractivity contribution in [1.29, 1.82) is 0 Å². The number of rotatable bonds is 7. The number of carbonyl (C=O) groups excluding carboxylic acids is 1. The second kappa shape index (κ2) is 7.87. The fourth-order valence-electron chi connectivity index (χ4n) is 4.42. The zero-order valence-corrected chi connectivity index (χ0v) is 18.4. The largest absolute Gasteiger partial charge is 0.353 e.